The summed E-state index contributed by atoms with van der Waals surface area (Å²) in [6, 6.07) is 1.66. The largest absolute Gasteiger partial charge is 0.379 e. The number of nitrogens with zero attached hydrogens (tertiary/aromatic N) is 1. The van der Waals surface area contributed by atoms with Crippen LogP contribution >= 0.6 is 11.3 Å². The van der Waals surface area contributed by atoms with Crippen molar-refractivity contribution in [2.24, 2.45) is 5.92 Å². The lowest BCUT2D eigenvalue weighted by Crippen LogP contribution is -2.44. The van der Waals surface area contributed by atoms with Gasteiger partial charge in [0.1, 0.15) is 0 Å². The fourth-order valence-corrected chi connectivity index (χ4v) is 4.01. The van der Waals surface area contributed by atoms with Gasteiger partial charge in [-0.15, -0.1) is 0 Å². The van der Waals surface area contributed by atoms with Gasteiger partial charge in [0.05, 0.1) is 31.4 Å². The summed E-state index contributed by atoms with van der Waals surface area (Å²) in [4.78, 5) is 12.0. The molecule has 1 aliphatic heterocycles. The first kappa shape index (κ1) is 16.4. The first-order chi connectivity index (χ1) is 9.88. The zero-order valence-corrected chi connectivity index (χ0v) is 13.7. The highest BCUT2D eigenvalue weighted by atomic mass is 32.2. The van der Waals surface area contributed by atoms with Gasteiger partial charge in [-0.3, -0.25) is 4.79 Å². The molecule has 0 saturated carbocycles. The summed E-state index contributed by atoms with van der Waals surface area (Å²) >= 11 is 1.55. The van der Waals surface area contributed by atoms with Gasteiger partial charge in [-0.1, -0.05) is 0 Å². The van der Waals surface area contributed by atoms with E-state index in [1.165, 1.54) is 18.4 Å². The maximum absolute atomic E-state index is 12.0. The third-order valence-electron chi connectivity index (χ3n) is 3.47. The van der Waals surface area contributed by atoms with E-state index in [1.54, 1.807) is 11.3 Å². The van der Waals surface area contributed by atoms with Crippen molar-refractivity contribution in [3.8, 4) is 0 Å². The molecule has 1 aromatic heterocycles. The van der Waals surface area contributed by atoms with Crippen LogP contribution in [0.1, 0.15) is 5.56 Å². The van der Waals surface area contributed by atoms with Gasteiger partial charge in [-0.05, 0) is 22.4 Å². The third-order valence-corrected chi connectivity index (χ3v) is 6.16. The first-order valence-electron chi connectivity index (χ1n) is 6.67. The summed E-state index contributed by atoms with van der Waals surface area (Å²) in [7, 11) is -0.278. The number of thiophene rings is 1. The Balaban J connectivity index is 1.91. The zero-order chi connectivity index (χ0) is 15.5. The molecule has 0 unspecified atom stereocenters. The molecule has 8 heteroatoms. The molecule has 1 N–H and O–H groups in total. The lowest BCUT2D eigenvalue weighted by atomic mass is 10.1. The van der Waals surface area contributed by atoms with Crippen LogP contribution in [0, 0.1) is 5.92 Å². The quantitative estimate of drug-likeness (QED) is 0.814. The van der Waals surface area contributed by atoms with Gasteiger partial charge in [0.15, 0.2) is 0 Å². The Morgan fingerprint density at radius 3 is 2.86 bits per heavy atom. The number of hydrogen-bond acceptors (Lipinski definition) is 5. The summed E-state index contributed by atoms with van der Waals surface area (Å²) in [5.74, 6) is -0.316. The van der Waals surface area contributed by atoms with Gasteiger partial charge in [-0.2, -0.15) is 11.3 Å². The molecule has 0 bridgehead atoms. The minimum atomic E-state index is -3.30. The van der Waals surface area contributed by atoms with Gasteiger partial charge in [0.2, 0.25) is 15.9 Å². The molecule has 118 valence electrons. The van der Waals surface area contributed by atoms with Crippen LogP contribution in [0.3, 0.4) is 0 Å². The molecular formula is C13H20N2O4S2. The topological polar surface area (TPSA) is 75.7 Å². The molecule has 1 saturated heterocycles. The summed E-state index contributed by atoms with van der Waals surface area (Å²) in [5, 5.41) is 6.74. The van der Waals surface area contributed by atoms with Crippen molar-refractivity contribution in [3.63, 3.8) is 0 Å². The molecule has 2 rings (SSSR count). The Kier molecular flexibility index (Phi) is 5.37. The number of amides is 1. The second-order valence-corrected chi connectivity index (χ2v) is 8.35. The fourth-order valence-electron chi connectivity index (χ4n) is 2.18. The van der Waals surface area contributed by atoms with Gasteiger partial charge in [-0.25, -0.2) is 12.7 Å². The molecular weight excluding hydrogens is 312 g/mol. The van der Waals surface area contributed by atoms with Gasteiger partial charge < -0.3 is 10.1 Å². The highest BCUT2D eigenvalue weighted by Crippen LogP contribution is 2.17. The number of ether oxygens (including phenoxy) is 1. The second kappa shape index (κ2) is 6.87. The number of carbonyl (C=O) groups is 1. The van der Waals surface area contributed by atoms with E-state index in [0.29, 0.717) is 19.6 Å². The van der Waals surface area contributed by atoms with E-state index in [2.05, 4.69) is 5.32 Å². The molecule has 1 aromatic rings. The average molecular weight is 332 g/mol. The van der Waals surface area contributed by atoms with Crippen molar-refractivity contribution in [2.75, 3.05) is 33.1 Å². The summed E-state index contributed by atoms with van der Waals surface area (Å²) in [6.07, 6.45) is 0.313. The standard InChI is InChI=1S/C13H20N2O4S2/c1-15(2)21(17,18)9-11-6-19-7-12(11)14-13(16)5-10-3-4-20-8-10/h3-4,8,11-12H,5-7,9H2,1-2H3,(H,14,16)/t11-,12+/m0/s1. The van der Waals surface area contributed by atoms with Crippen LogP contribution in [0.15, 0.2) is 16.8 Å². The number of sulfonamides is 1. The summed E-state index contributed by atoms with van der Waals surface area (Å²) in [5.41, 5.74) is 0.967. The first-order valence-corrected chi connectivity index (χ1v) is 9.22. The maximum atomic E-state index is 12.0. The Hall–Kier alpha value is -0.960. The van der Waals surface area contributed by atoms with Crippen LogP contribution in [0.5, 0.6) is 0 Å². The fraction of sp³-hybridized carbons (Fsp3) is 0.615. The molecule has 6 nitrogen and oxygen atoms in total. The van der Waals surface area contributed by atoms with E-state index in [4.69, 9.17) is 4.74 Å². The molecule has 2 heterocycles. The number of carbonyl (C=O) groups excluding carboxylic acids is 1. The van der Waals surface area contributed by atoms with Gasteiger partial charge in [0, 0.05) is 20.0 Å². The predicted octanol–water partition coefficient (Wildman–Crippen LogP) is 0.313. The molecule has 21 heavy (non-hydrogen) atoms. The molecule has 2 atom stereocenters. The normalized spacial score (nSPS) is 22.6. The highest BCUT2D eigenvalue weighted by Gasteiger charge is 2.34. The van der Waals surface area contributed by atoms with E-state index in [9.17, 15) is 13.2 Å². The highest BCUT2D eigenvalue weighted by molar-refractivity contribution is 7.89. The molecule has 0 spiro atoms. The minimum Gasteiger partial charge on any atom is -0.379 e. The van der Waals surface area contributed by atoms with Crippen molar-refractivity contribution in [1.29, 1.82) is 0 Å². The van der Waals surface area contributed by atoms with Crippen LogP contribution in [0.4, 0.5) is 0 Å². The van der Waals surface area contributed by atoms with Crippen LogP contribution in [0.2, 0.25) is 0 Å². The zero-order valence-electron chi connectivity index (χ0n) is 12.1. The SMILES string of the molecule is CN(C)S(=O)(=O)C[C@@H]1COC[C@H]1NC(=O)Cc1ccsc1. The molecule has 0 aromatic carbocycles. The Morgan fingerprint density at radius 2 is 2.24 bits per heavy atom. The smallest absolute Gasteiger partial charge is 0.224 e. The molecule has 0 aliphatic carbocycles. The lowest BCUT2D eigenvalue weighted by Gasteiger charge is -2.21. The second-order valence-electron chi connectivity index (χ2n) is 5.34. The van der Waals surface area contributed by atoms with Crippen molar-refractivity contribution in [1.82, 2.24) is 9.62 Å². The van der Waals surface area contributed by atoms with Crippen molar-refractivity contribution < 1.29 is 17.9 Å². The number of rotatable bonds is 6. The Bertz CT molecular complexity index is 569. The minimum absolute atomic E-state index is 0.0105. The van der Waals surface area contributed by atoms with E-state index in [1.807, 2.05) is 16.8 Å². The van der Waals surface area contributed by atoms with Crippen LogP contribution in [-0.2, 0) is 26.0 Å². The van der Waals surface area contributed by atoms with Crippen LogP contribution < -0.4 is 5.32 Å². The van der Waals surface area contributed by atoms with Crippen molar-refractivity contribution in [2.45, 2.75) is 12.5 Å². The number of nitrogens with one attached hydrogen (secondary N) is 1. The van der Waals surface area contributed by atoms with E-state index < -0.39 is 10.0 Å². The van der Waals surface area contributed by atoms with E-state index in [0.717, 1.165) is 5.56 Å². The molecule has 1 aliphatic rings. The molecule has 0 radical (unpaired) electrons. The maximum Gasteiger partial charge on any atom is 0.224 e. The van der Waals surface area contributed by atoms with Crippen LogP contribution in [0.25, 0.3) is 0 Å². The van der Waals surface area contributed by atoms with Crippen molar-refractivity contribution in [3.05, 3.63) is 22.4 Å². The Labute approximate surface area is 129 Å². The predicted molar refractivity (Wildman–Crippen MR) is 81.7 cm³/mol. The van der Waals surface area contributed by atoms with Crippen LogP contribution in [-0.4, -0.2) is 57.7 Å². The van der Waals surface area contributed by atoms with Gasteiger partial charge >= 0.3 is 0 Å². The van der Waals surface area contributed by atoms with E-state index >= 15 is 0 Å². The summed E-state index contributed by atoms with van der Waals surface area (Å²) in [6.45, 7) is 0.722. The third kappa shape index (κ3) is 4.50. The number of hydrogen-bond donors (Lipinski definition) is 1. The summed E-state index contributed by atoms with van der Waals surface area (Å²) < 4.78 is 30.4. The van der Waals surface area contributed by atoms with Crippen molar-refractivity contribution >= 4 is 27.3 Å². The molecule has 1 amide bonds. The monoisotopic (exact) mass is 332 g/mol. The van der Waals surface area contributed by atoms with Gasteiger partial charge in [0.25, 0.3) is 0 Å². The van der Waals surface area contributed by atoms with E-state index in [-0.39, 0.29) is 23.6 Å². The Morgan fingerprint density at radius 1 is 1.48 bits per heavy atom. The lowest BCUT2D eigenvalue weighted by molar-refractivity contribution is -0.121. The molecule has 1 fully saturated rings. The average Bonchev–Trinajstić information content (AvgIpc) is 3.02.